The Labute approximate surface area is 280 Å². The van der Waals surface area contributed by atoms with Crippen LogP contribution in [0, 0.1) is 0 Å². The lowest BCUT2D eigenvalue weighted by molar-refractivity contribution is -0.125. The maximum absolute atomic E-state index is 12.4. The van der Waals surface area contributed by atoms with Crippen molar-refractivity contribution in [2.24, 2.45) is 0 Å². The molecule has 0 radical (unpaired) electrons. The SMILES string of the molecule is CCCCCCCCCCC/C=C\CCCCCC(O)CC(=O)NC(CO)C(O)CCCCCCCCCCCCCCCC. The fraction of sp³-hybridized carbons (Fsp3) is 0.925. The lowest BCUT2D eigenvalue weighted by Crippen LogP contribution is -2.46. The molecule has 0 aromatic heterocycles. The van der Waals surface area contributed by atoms with Crippen LogP contribution in [0.2, 0.25) is 0 Å². The Morgan fingerprint density at radius 3 is 1.31 bits per heavy atom. The molecule has 0 aliphatic carbocycles. The van der Waals surface area contributed by atoms with Crippen LogP contribution in [0.1, 0.15) is 213 Å². The van der Waals surface area contributed by atoms with Crippen LogP contribution in [-0.2, 0) is 4.79 Å². The van der Waals surface area contributed by atoms with Crippen molar-refractivity contribution in [1.29, 1.82) is 0 Å². The molecule has 0 fully saturated rings. The summed E-state index contributed by atoms with van der Waals surface area (Å²) in [6.45, 7) is 4.25. The molecule has 45 heavy (non-hydrogen) atoms. The van der Waals surface area contributed by atoms with E-state index >= 15 is 0 Å². The number of nitrogens with one attached hydrogen (secondary N) is 1. The molecule has 0 aromatic rings. The van der Waals surface area contributed by atoms with E-state index in [2.05, 4.69) is 31.3 Å². The number of carbonyl (C=O) groups excluding carboxylic acids is 1. The van der Waals surface area contributed by atoms with Crippen molar-refractivity contribution in [3.8, 4) is 0 Å². The zero-order chi connectivity index (χ0) is 33.1. The summed E-state index contributed by atoms with van der Waals surface area (Å²) in [6, 6.07) is -0.658. The quantitative estimate of drug-likeness (QED) is 0.0406. The van der Waals surface area contributed by atoms with Gasteiger partial charge in [0.25, 0.3) is 0 Å². The molecule has 0 saturated heterocycles. The first kappa shape index (κ1) is 44.1. The zero-order valence-electron chi connectivity index (χ0n) is 30.3. The average molecular weight is 638 g/mol. The third-order valence-electron chi connectivity index (χ3n) is 9.33. The maximum atomic E-state index is 12.4. The largest absolute Gasteiger partial charge is 0.394 e. The second kappa shape index (κ2) is 35.9. The number of allylic oxidation sites excluding steroid dienone is 2. The molecule has 0 aliphatic rings. The van der Waals surface area contributed by atoms with E-state index in [4.69, 9.17) is 0 Å². The molecule has 0 spiro atoms. The predicted octanol–water partition coefficient (Wildman–Crippen LogP) is 10.9. The number of rotatable bonds is 36. The topological polar surface area (TPSA) is 89.8 Å². The standard InChI is InChI=1S/C40H79NO4/c1-3-5-7-9-11-13-15-17-19-20-21-23-25-27-29-31-33-37(43)35-40(45)41-38(36-42)39(44)34-32-30-28-26-24-22-18-16-14-12-10-8-6-4-2/h21,23,37-39,42-44H,3-20,22,24-36H2,1-2H3,(H,41,45)/b23-21-. The molecule has 0 aromatic carbocycles. The van der Waals surface area contributed by atoms with Gasteiger partial charge in [-0.15, -0.1) is 0 Å². The molecule has 5 nitrogen and oxygen atoms in total. The molecular weight excluding hydrogens is 558 g/mol. The number of amides is 1. The first-order valence-corrected chi connectivity index (χ1v) is 20.0. The van der Waals surface area contributed by atoms with Gasteiger partial charge in [0.15, 0.2) is 0 Å². The van der Waals surface area contributed by atoms with E-state index in [1.807, 2.05) is 0 Å². The Bertz CT molecular complexity index is 625. The van der Waals surface area contributed by atoms with Crippen LogP contribution in [0.3, 0.4) is 0 Å². The molecule has 0 saturated carbocycles. The van der Waals surface area contributed by atoms with E-state index in [9.17, 15) is 20.1 Å². The third kappa shape index (κ3) is 32.8. The van der Waals surface area contributed by atoms with Crippen molar-refractivity contribution in [3.05, 3.63) is 12.2 Å². The first-order valence-electron chi connectivity index (χ1n) is 20.0. The summed E-state index contributed by atoms with van der Waals surface area (Å²) in [6.07, 6.45) is 40.2. The minimum Gasteiger partial charge on any atom is -0.394 e. The van der Waals surface area contributed by atoms with Gasteiger partial charge in [0.1, 0.15) is 0 Å². The van der Waals surface area contributed by atoms with Gasteiger partial charge < -0.3 is 20.6 Å². The molecule has 268 valence electrons. The monoisotopic (exact) mass is 638 g/mol. The van der Waals surface area contributed by atoms with Gasteiger partial charge in [-0.05, 0) is 38.5 Å². The van der Waals surface area contributed by atoms with E-state index in [0.717, 1.165) is 38.5 Å². The fourth-order valence-electron chi connectivity index (χ4n) is 6.22. The van der Waals surface area contributed by atoms with Gasteiger partial charge in [-0.2, -0.15) is 0 Å². The first-order chi connectivity index (χ1) is 22.0. The third-order valence-corrected chi connectivity index (χ3v) is 9.33. The summed E-state index contributed by atoms with van der Waals surface area (Å²) >= 11 is 0. The van der Waals surface area contributed by atoms with E-state index in [0.29, 0.717) is 12.8 Å². The Hall–Kier alpha value is -0.910. The van der Waals surface area contributed by atoms with E-state index in [-0.39, 0.29) is 18.9 Å². The molecule has 3 unspecified atom stereocenters. The van der Waals surface area contributed by atoms with Crippen LogP contribution in [-0.4, -0.2) is 46.1 Å². The summed E-state index contributed by atoms with van der Waals surface area (Å²) in [5.74, 6) is -0.291. The van der Waals surface area contributed by atoms with Crippen LogP contribution < -0.4 is 5.32 Å². The number of hydrogen-bond acceptors (Lipinski definition) is 4. The molecule has 1 amide bonds. The molecule has 0 aliphatic heterocycles. The highest BCUT2D eigenvalue weighted by atomic mass is 16.3. The van der Waals surface area contributed by atoms with E-state index in [1.165, 1.54) is 141 Å². The minimum absolute atomic E-state index is 0.0285. The summed E-state index contributed by atoms with van der Waals surface area (Å²) in [5.41, 5.74) is 0. The molecule has 0 bridgehead atoms. The molecule has 3 atom stereocenters. The normalized spacial score (nSPS) is 13.8. The van der Waals surface area contributed by atoms with Crippen molar-refractivity contribution in [3.63, 3.8) is 0 Å². The second-order valence-corrected chi connectivity index (χ2v) is 13.9. The van der Waals surface area contributed by atoms with Gasteiger partial charge in [0.05, 0.1) is 31.3 Å². The van der Waals surface area contributed by atoms with Crippen molar-refractivity contribution in [1.82, 2.24) is 5.32 Å². The van der Waals surface area contributed by atoms with Crippen molar-refractivity contribution in [2.75, 3.05) is 6.61 Å². The van der Waals surface area contributed by atoms with Gasteiger partial charge >= 0.3 is 0 Å². The molecular formula is C40H79NO4. The minimum atomic E-state index is -0.748. The molecule has 0 heterocycles. The van der Waals surface area contributed by atoms with Crippen LogP contribution in [0.25, 0.3) is 0 Å². The number of carbonyl (C=O) groups is 1. The molecule has 0 rings (SSSR count). The van der Waals surface area contributed by atoms with Gasteiger partial charge in [0.2, 0.25) is 5.91 Å². The highest BCUT2D eigenvalue weighted by Gasteiger charge is 2.21. The van der Waals surface area contributed by atoms with Gasteiger partial charge in [-0.1, -0.05) is 180 Å². The highest BCUT2D eigenvalue weighted by molar-refractivity contribution is 5.76. The van der Waals surface area contributed by atoms with Gasteiger partial charge in [0, 0.05) is 0 Å². The summed E-state index contributed by atoms with van der Waals surface area (Å²) in [4.78, 5) is 12.4. The van der Waals surface area contributed by atoms with Crippen LogP contribution in [0.5, 0.6) is 0 Å². The Morgan fingerprint density at radius 1 is 0.533 bits per heavy atom. The predicted molar refractivity (Wildman–Crippen MR) is 195 cm³/mol. The lowest BCUT2D eigenvalue weighted by atomic mass is 10.0. The number of unbranched alkanes of at least 4 members (excludes halogenated alkanes) is 25. The van der Waals surface area contributed by atoms with E-state index < -0.39 is 18.2 Å². The van der Waals surface area contributed by atoms with Crippen molar-refractivity contribution in [2.45, 2.75) is 231 Å². The van der Waals surface area contributed by atoms with Crippen molar-refractivity contribution >= 4 is 5.91 Å². The summed E-state index contributed by atoms with van der Waals surface area (Å²) in [5, 5.41) is 33.3. The smallest absolute Gasteiger partial charge is 0.222 e. The van der Waals surface area contributed by atoms with Crippen LogP contribution >= 0.6 is 0 Å². The number of aliphatic hydroxyl groups excluding tert-OH is 3. The van der Waals surface area contributed by atoms with Gasteiger partial charge in [-0.25, -0.2) is 0 Å². The number of hydrogen-bond donors (Lipinski definition) is 4. The van der Waals surface area contributed by atoms with E-state index in [1.54, 1.807) is 0 Å². The highest BCUT2D eigenvalue weighted by Crippen LogP contribution is 2.15. The average Bonchev–Trinajstić information content (AvgIpc) is 3.03. The van der Waals surface area contributed by atoms with Crippen molar-refractivity contribution < 1.29 is 20.1 Å². The summed E-state index contributed by atoms with van der Waals surface area (Å²) < 4.78 is 0. The number of aliphatic hydroxyl groups is 3. The Balaban J connectivity index is 3.67. The Morgan fingerprint density at radius 2 is 0.889 bits per heavy atom. The second-order valence-electron chi connectivity index (χ2n) is 13.9. The fourth-order valence-corrected chi connectivity index (χ4v) is 6.22. The molecule has 5 heteroatoms. The van der Waals surface area contributed by atoms with Gasteiger partial charge in [-0.3, -0.25) is 4.79 Å². The van der Waals surface area contributed by atoms with Crippen LogP contribution in [0.15, 0.2) is 12.2 Å². The maximum Gasteiger partial charge on any atom is 0.222 e. The zero-order valence-corrected chi connectivity index (χ0v) is 30.3. The lowest BCUT2D eigenvalue weighted by Gasteiger charge is -2.23. The van der Waals surface area contributed by atoms with Crippen LogP contribution in [0.4, 0.5) is 0 Å². The summed E-state index contributed by atoms with van der Waals surface area (Å²) in [7, 11) is 0. The Kier molecular flexibility index (Phi) is 35.2. The molecule has 4 N–H and O–H groups in total.